The van der Waals surface area contributed by atoms with Gasteiger partial charge >= 0.3 is 6.09 Å². The van der Waals surface area contributed by atoms with Crippen LogP contribution in [0.4, 0.5) is 4.79 Å². The fourth-order valence-electron chi connectivity index (χ4n) is 1.61. The number of carbonyl (C=O) groups is 3. The molecule has 1 rings (SSSR count). The summed E-state index contributed by atoms with van der Waals surface area (Å²) in [5, 5.41) is 10.1. The van der Waals surface area contributed by atoms with E-state index in [0.717, 1.165) is 0 Å². The van der Waals surface area contributed by atoms with Gasteiger partial charge in [-0.25, -0.2) is 4.79 Å². The summed E-state index contributed by atoms with van der Waals surface area (Å²) in [6.07, 6.45) is 0.134. The second kappa shape index (κ2) is 7.83. The van der Waals surface area contributed by atoms with Gasteiger partial charge < -0.3 is 9.53 Å². The number of carbonyl (C=O) groups excluding carboxylic acids is 3. The molecule has 0 saturated carbocycles. The first-order chi connectivity index (χ1) is 9.60. The molecule has 0 heterocycles. The topological polar surface area (TPSA) is 96.3 Å². The average molecular weight is 276 g/mol. The van der Waals surface area contributed by atoms with Crippen molar-refractivity contribution in [1.82, 2.24) is 5.32 Å². The van der Waals surface area contributed by atoms with E-state index in [4.69, 9.17) is 5.41 Å². The van der Waals surface area contributed by atoms with E-state index in [-0.39, 0.29) is 31.1 Å². The van der Waals surface area contributed by atoms with E-state index in [2.05, 4.69) is 10.1 Å². The van der Waals surface area contributed by atoms with Crippen LogP contribution in [-0.4, -0.2) is 30.6 Å². The molecule has 0 aliphatic rings. The summed E-state index contributed by atoms with van der Waals surface area (Å²) >= 11 is 0. The third kappa shape index (κ3) is 4.31. The summed E-state index contributed by atoms with van der Waals surface area (Å²) < 4.78 is 4.68. The van der Waals surface area contributed by atoms with Crippen LogP contribution in [0.5, 0.6) is 0 Å². The highest BCUT2D eigenvalue weighted by Crippen LogP contribution is 2.12. The molecule has 1 aromatic rings. The molecular formula is C14H16N2O4. The smallest absolute Gasteiger partial charge is 0.412 e. The molecule has 0 unspecified atom stereocenters. The zero-order valence-electron chi connectivity index (χ0n) is 11.1. The number of ether oxygens (including phenoxy) is 1. The summed E-state index contributed by atoms with van der Waals surface area (Å²) in [4.78, 5) is 33.5. The van der Waals surface area contributed by atoms with Crippen molar-refractivity contribution in [3.63, 3.8) is 0 Å². The van der Waals surface area contributed by atoms with Gasteiger partial charge in [-0.1, -0.05) is 24.3 Å². The normalized spacial score (nSPS) is 9.65. The minimum Gasteiger partial charge on any atom is -0.450 e. The first kappa shape index (κ1) is 15.6. The number of rotatable bonds is 6. The van der Waals surface area contributed by atoms with Crippen molar-refractivity contribution in [3.8, 4) is 0 Å². The fraction of sp³-hybridized carbons (Fsp3) is 0.286. The van der Waals surface area contributed by atoms with Crippen LogP contribution in [0.3, 0.4) is 0 Å². The van der Waals surface area contributed by atoms with Crippen LogP contribution in [0.2, 0.25) is 0 Å². The Morgan fingerprint density at radius 3 is 2.55 bits per heavy atom. The minimum atomic E-state index is -0.743. The minimum absolute atomic E-state index is 0.0766. The van der Waals surface area contributed by atoms with Crippen molar-refractivity contribution in [2.75, 3.05) is 6.61 Å². The van der Waals surface area contributed by atoms with Gasteiger partial charge in [0.2, 0.25) is 0 Å². The number of nitrogens with one attached hydrogen (secondary N) is 2. The Labute approximate surface area is 116 Å². The van der Waals surface area contributed by atoms with Crippen LogP contribution < -0.4 is 5.32 Å². The van der Waals surface area contributed by atoms with Crippen molar-refractivity contribution in [1.29, 1.82) is 5.41 Å². The Morgan fingerprint density at radius 2 is 1.95 bits per heavy atom. The average Bonchev–Trinajstić information content (AvgIpc) is 2.44. The van der Waals surface area contributed by atoms with E-state index in [1.165, 1.54) is 0 Å². The molecule has 1 aromatic carbocycles. The van der Waals surface area contributed by atoms with Crippen molar-refractivity contribution in [3.05, 3.63) is 35.4 Å². The lowest BCUT2D eigenvalue weighted by atomic mass is 10.00. The largest absolute Gasteiger partial charge is 0.450 e. The molecule has 0 atom stereocenters. The molecule has 106 valence electrons. The molecule has 0 fully saturated rings. The number of alkyl carbamates (subject to hydrolysis) is 1. The van der Waals surface area contributed by atoms with Crippen molar-refractivity contribution in [2.45, 2.75) is 19.8 Å². The first-order valence-electron chi connectivity index (χ1n) is 6.18. The third-order valence-corrected chi connectivity index (χ3v) is 2.49. The molecule has 0 aromatic heterocycles. The number of hydrogen-bond acceptors (Lipinski definition) is 5. The van der Waals surface area contributed by atoms with Gasteiger partial charge in [-0.3, -0.25) is 15.5 Å². The lowest BCUT2D eigenvalue weighted by Crippen LogP contribution is -2.32. The highest BCUT2D eigenvalue weighted by molar-refractivity contribution is 6.12. The van der Waals surface area contributed by atoms with Crippen LogP contribution in [0, 0.1) is 5.41 Å². The maximum Gasteiger partial charge on any atom is 0.412 e. The number of amidine groups is 1. The highest BCUT2D eigenvalue weighted by Gasteiger charge is 2.15. The predicted molar refractivity (Wildman–Crippen MR) is 73.1 cm³/mol. The monoisotopic (exact) mass is 276 g/mol. The first-order valence-corrected chi connectivity index (χ1v) is 6.18. The summed E-state index contributed by atoms with van der Waals surface area (Å²) in [5.41, 5.74) is 0.604. The fourth-order valence-corrected chi connectivity index (χ4v) is 1.61. The number of Topliss-reactive ketones (excluding diaryl/α,β-unsaturated/α-hetero) is 1. The van der Waals surface area contributed by atoms with E-state index in [9.17, 15) is 14.4 Å². The van der Waals surface area contributed by atoms with Gasteiger partial charge in [0.1, 0.15) is 12.1 Å². The molecule has 0 bridgehead atoms. The molecule has 0 saturated heterocycles. The number of ketones is 1. The third-order valence-electron chi connectivity index (χ3n) is 2.49. The summed E-state index contributed by atoms with van der Waals surface area (Å²) in [5.74, 6) is -0.457. The number of benzene rings is 1. The Kier molecular flexibility index (Phi) is 6.09. The molecular weight excluding hydrogens is 260 g/mol. The van der Waals surface area contributed by atoms with Crippen LogP contribution in [0.1, 0.15) is 35.7 Å². The van der Waals surface area contributed by atoms with Gasteiger partial charge in [0.15, 0.2) is 5.78 Å². The molecule has 2 N–H and O–H groups in total. The SMILES string of the molecule is CCOC(=O)NC(=N)c1ccccc1C(=O)CCC=O. The predicted octanol–water partition coefficient (Wildman–Crippen LogP) is 1.92. The van der Waals surface area contributed by atoms with Crippen molar-refractivity contribution >= 4 is 24.0 Å². The van der Waals surface area contributed by atoms with E-state index in [1.807, 2.05) is 0 Å². The van der Waals surface area contributed by atoms with Gasteiger partial charge in [-0.05, 0) is 6.92 Å². The van der Waals surface area contributed by atoms with Gasteiger partial charge in [0.25, 0.3) is 0 Å². The molecule has 0 radical (unpaired) electrons. The quantitative estimate of drug-likeness (QED) is 0.359. The number of aldehydes is 1. The second-order valence-electron chi connectivity index (χ2n) is 3.89. The second-order valence-corrected chi connectivity index (χ2v) is 3.89. The Morgan fingerprint density at radius 1 is 1.30 bits per heavy atom. The Hall–Kier alpha value is -2.50. The van der Waals surface area contributed by atoms with E-state index in [1.54, 1.807) is 31.2 Å². The van der Waals surface area contributed by atoms with Gasteiger partial charge in [0.05, 0.1) is 6.61 Å². The molecule has 1 amide bonds. The van der Waals surface area contributed by atoms with Crippen LogP contribution in [0.25, 0.3) is 0 Å². The zero-order chi connectivity index (χ0) is 15.0. The van der Waals surface area contributed by atoms with E-state index >= 15 is 0 Å². The molecule has 6 heteroatoms. The van der Waals surface area contributed by atoms with E-state index in [0.29, 0.717) is 17.4 Å². The van der Waals surface area contributed by atoms with Gasteiger partial charge in [0, 0.05) is 24.0 Å². The summed E-state index contributed by atoms with van der Waals surface area (Å²) in [6, 6.07) is 6.44. The van der Waals surface area contributed by atoms with Crippen LogP contribution >= 0.6 is 0 Å². The van der Waals surface area contributed by atoms with Crippen LogP contribution in [0.15, 0.2) is 24.3 Å². The lowest BCUT2D eigenvalue weighted by molar-refractivity contribution is -0.107. The Balaban J connectivity index is 2.89. The lowest BCUT2D eigenvalue weighted by Gasteiger charge is -2.10. The van der Waals surface area contributed by atoms with E-state index < -0.39 is 6.09 Å². The van der Waals surface area contributed by atoms with Gasteiger partial charge in [-0.15, -0.1) is 0 Å². The zero-order valence-corrected chi connectivity index (χ0v) is 11.1. The molecule has 0 spiro atoms. The van der Waals surface area contributed by atoms with Gasteiger partial charge in [-0.2, -0.15) is 0 Å². The number of hydrogen-bond donors (Lipinski definition) is 2. The molecule has 20 heavy (non-hydrogen) atoms. The number of amides is 1. The summed E-state index contributed by atoms with van der Waals surface area (Å²) in [6.45, 7) is 1.85. The highest BCUT2D eigenvalue weighted by atomic mass is 16.5. The van der Waals surface area contributed by atoms with Crippen molar-refractivity contribution < 1.29 is 19.1 Å². The maximum absolute atomic E-state index is 11.9. The maximum atomic E-state index is 11.9. The Bertz CT molecular complexity index is 526. The standard InChI is InChI=1S/C14H16N2O4/c1-2-20-14(19)16-13(15)11-7-4-3-6-10(11)12(18)8-5-9-17/h3-4,6-7,9H,2,5,8H2,1H3,(H2,15,16,19). The summed E-state index contributed by atoms with van der Waals surface area (Å²) in [7, 11) is 0. The van der Waals surface area contributed by atoms with Crippen molar-refractivity contribution in [2.24, 2.45) is 0 Å². The molecule has 0 aliphatic heterocycles. The van der Waals surface area contributed by atoms with Crippen LogP contribution in [-0.2, 0) is 9.53 Å². The molecule has 0 aliphatic carbocycles. The molecule has 6 nitrogen and oxygen atoms in total.